The van der Waals surface area contributed by atoms with E-state index >= 15 is 8.78 Å². The number of barbiturate groups is 1. The van der Waals surface area contributed by atoms with Crippen LogP contribution in [0.4, 0.5) is 19.3 Å². The van der Waals surface area contributed by atoms with Crippen LogP contribution in [0.15, 0.2) is 36.4 Å². The average Bonchev–Trinajstić information content (AvgIpc) is 3.34. The summed E-state index contributed by atoms with van der Waals surface area (Å²) in [7, 11) is 0. The van der Waals surface area contributed by atoms with Crippen molar-refractivity contribution in [2.75, 3.05) is 11.4 Å². The fourth-order valence-corrected chi connectivity index (χ4v) is 6.58. The summed E-state index contributed by atoms with van der Waals surface area (Å²) in [5.74, 6) is -3.80. The van der Waals surface area contributed by atoms with Crippen molar-refractivity contribution in [1.82, 2.24) is 20.8 Å². The Morgan fingerprint density at radius 3 is 2.41 bits per heavy atom. The third-order valence-corrected chi connectivity index (χ3v) is 8.15. The van der Waals surface area contributed by atoms with Crippen molar-refractivity contribution in [3.63, 3.8) is 0 Å². The van der Waals surface area contributed by atoms with Gasteiger partial charge in [-0.3, -0.25) is 20.2 Å². The molecule has 1 spiro atoms. The van der Waals surface area contributed by atoms with Crippen molar-refractivity contribution >= 4 is 34.9 Å². The summed E-state index contributed by atoms with van der Waals surface area (Å²) in [6, 6.07) is 8.72. The van der Waals surface area contributed by atoms with Gasteiger partial charge in [0.1, 0.15) is 5.01 Å². The molecule has 2 saturated heterocycles. The Labute approximate surface area is 213 Å². The summed E-state index contributed by atoms with van der Waals surface area (Å²) >= 11 is 1.10. The Balaban J connectivity index is 1.52. The Morgan fingerprint density at radius 2 is 1.70 bits per heavy atom. The van der Waals surface area contributed by atoms with E-state index in [9.17, 15) is 14.4 Å². The van der Waals surface area contributed by atoms with Gasteiger partial charge in [0.25, 0.3) is 0 Å². The molecule has 1 aromatic heterocycles. The Kier molecular flexibility index (Phi) is 5.35. The van der Waals surface area contributed by atoms with E-state index in [1.54, 1.807) is 13.8 Å². The molecule has 0 saturated carbocycles. The first-order valence-corrected chi connectivity index (χ1v) is 12.5. The highest BCUT2D eigenvalue weighted by Crippen LogP contribution is 2.49. The zero-order chi connectivity index (χ0) is 26.1. The highest BCUT2D eigenvalue weighted by molar-refractivity contribution is 7.17. The molecule has 3 aliphatic heterocycles. The van der Waals surface area contributed by atoms with Crippen LogP contribution in [-0.4, -0.2) is 52.8 Å². The molecule has 4 amide bonds. The predicted octanol–water partition coefficient (Wildman–Crippen LogP) is 3.04. The van der Waals surface area contributed by atoms with E-state index in [1.807, 2.05) is 30.3 Å². The zero-order valence-electron chi connectivity index (χ0n) is 19.7. The predicted molar refractivity (Wildman–Crippen MR) is 130 cm³/mol. The van der Waals surface area contributed by atoms with Crippen molar-refractivity contribution < 1.29 is 27.9 Å². The van der Waals surface area contributed by atoms with Gasteiger partial charge in [-0.25, -0.2) is 13.6 Å². The van der Waals surface area contributed by atoms with Crippen molar-refractivity contribution in [2.45, 2.75) is 38.5 Å². The average molecular weight is 526 g/mol. The lowest BCUT2D eigenvalue weighted by Crippen LogP contribution is -2.75. The first-order chi connectivity index (χ1) is 17.7. The van der Waals surface area contributed by atoms with E-state index in [2.05, 4.69) is 20.8 Å². The van der Waals surface area contributed by atoms with E-state index in [-0.39, 0.29) is 40.9 Å². The van der Waals surface area contributed by atoms with Crippen LogP contribution >= 0.6 is 11.3 Å². The maximum atomic E-state index is 15.8. The molecule has 0 bridgehead atoms. The van der Waals surface area contributed by atoms with Crippen molar-refractivity contribution in [1.29, 1.82) is 0 Å². The number of rotatable bonds is 2. The summed E-state index contributed by atoms with van der Waals surface area (Å²) in [6.45, 7) is 3.56. The summed E-state index contributed by atoms with van der Waals surface area (Å²) in [5.41, 5.74) is -0.903. The number of hydrogen-bond acceptors (Lipinski definition) is 8. The minimum absolute atomic E-state index is 0.0239. The van der Waals surface area contributed by atoms with Gasteiger partial charge in [-0.15, -0.1) is 10.2 Å². The first kappa shape index (κ1) is 23.6. The first-order valence-electron chi connectivity index (χ1n) is 11.7. The molecule has 4 heterocycles. The second-order valence-corrected chi connectivity index (χ2v) is 10.5. The largest absolute Gasteiger partial charge is 0.372 e. The second kappa shape index (κ2) is 8.38. The number of fused-ring (bicyclic) bond motifs is 4. The maximum absolute atomic E-state index is 15.8. The van der Waals surface area contributed by atoms with E-state index in [0.29, 0.717) is 5.01 Å². The molecule has 3 aromatic rings. The van der Waals surface area contributed by atoms with E-state index in [4.69, 9.17) is 4.74 Å². The Hall–Kier alpha value is -3.77. The minimum Gasteiger partial charge on any atom is -0.372 e. The van der Waals surface area contributed by atoms with Crippen molar-refractivity contribution in [3.05, 3.63) is 53.6 Å². The number of amides is 4. The standard InChI is InChI=1S/C25H21F2N5O4S/c1-11-10-32-18-14(9-25(19(32)12(2)36-11)22(33)28-24(35)29-23(25)34)8-15(16(26)17(18)27)21-31-30-20(37-21)13-6-4-3-5-7-13/h3-8,11-12,19H,9-10H2,1-2H3,(H2,28,29,33,34,35)/t11-,12+,19?/m0/s1. The molecule has 9 nitrogen and oxygen atoms in total. The molecular formula is C25H21F2N5O4S. The molecule has 2 N–H and O–H groups in total. The van der Waals surface area contributed by atoms with Crippen molar-refractivity contribution in [2.24, 2.45) is 5.41 Å². The number of urea groups is 1. The zero-order valence-corrected chi connectivity index (χ0v) is 20.6. The lowest BCUT2D eigenvalue weighted by atomic mass is 9.66. The monoisotopic (exact) mass is 525 g/mol. The summed E-state index contributed by atoms with van der Waals surface area (Å²) < 4.78 is 37.3. The molecule has 190 valence electrons. The third kappa shape index (κ3) is 3.46. The maximum Gasteiger partial charge on any atom is 0.328 e. The topological polar surface area (TPSA) is 114 Å². The number of halogens is 2. The van der Waals surface area contributed by atoms with Crippen LogP contribution in [0.5, 0.6) is 0 Å². The molecule has 0 radical (unpaired) electrons. The molecule has 3 atom stereocenters. The number of nitrogens with zero attached hydrogens (tertiary/aromatic N) is 3. The molecular weight excluding hydrogens is 504 g/mol. The number of benzene rings is 2. The van der Waals surface area contributed by atoms with Crippen LogP contribution in [-0.2, 0) is 20.7 Å². The molecule has 3 aliphatic rings. The highest BCUT2D eigenvalue weighted by atomic mass is 32.1. The quantitative estimate of drug-likeness (QED) is 0.495. The fourth-order valence-electron chi connectivity index (χ4n) is 5.72. The van der Waals surface area contributed by atoms with Gasteiger partial charge >= 0.3 is 6.03 Å². The lowest BCUT2D eigenvalue weighted by Gasteiger charge is -2.55. The van der Waals surface area contributed by atoms with Gasteiger partial charge in [0.2, 0.25) is 11.8 Å². The van der Waals surface area contributed by atoms with Crippen molar-refractivity contribution in [3.8, 4) is 21.1 Å². The number of imide groups is 2. The molecule has 2 aromatic carbocycles. The SMILES string of the molecule is C[C@H]1CN2c3c(cc(-c4nnc(-c5ccccc5)s4)c(F)c3F)CC3(C(=O)NC(=O)NC3=O)C2[C@@H](C)O1. The van der Waals surface area contributed by atoms with Gasteiger partial charge < -0.3 is 9.64 Å². The lowest BCUT2D eigenvalue weighted by molar-refractivity contribution is -0.153. The number of aromatic nitrogens is 2. The molecule has 0 aliphatic carbocycles. The summed E-state index contributed by atoms with van der Waals surface area (Å²) in [5, 5.41) is 13.3. The minimum atomic E-state index is -1.79. The van der Waals surface area contributed by atoms with Crippen LogP contribution < -0.4 is 15.5 Å². The van der Waals surface area contributed by atoms with Crippen LogP contribution in [0.1, 0.15) is 19.4 Å². The second-order valence-electron chi connectivity index (χ2n) is 9.47. The molecule has 37 heavy (non-hydrogen) atoms. The Bertz CT molecular complexity index is 1440. The van der Waals surface area contributed by atoms with Gasteiger partial charge in [0.15, 0.2) is 22.1 Å². The van der Waals surface area contributed by atoms with E-state index < -0.39 is 47.0 Å². The van der Waals surface area contributed by atoms with Crippen LogP contribution in [0, 0.1) is 17.0 Å². The summed E-state index contributed by atoms with van der Waals surface area (Å²) in [4.78, 5) is 40.0. The molecule has 2 fully saturated rings. The highest BCUT2D eigenvalue weighted by Gasteiger charge is 2.63. The number of morpholine rings is 1. The van der Waals surface area contributed by atoms with Crippen LogP contribution in [0.2, 0.25) is 0 Å². The van der Waals surface area contributed by atoms with Gasteiger partial charge in [-0.05, 0) is 25.5 Å². The van der Waals surface area contributed by atoms with Gasteiger partial charge in [0.05, 0.1) is 29.5 Å². The number of anilines is 1. The molecule has 6 rings (SSSR count). The third-order valence-electron chi connectivity index (χ3n) is 7.14. The van der Waals surface area contributed by atoms with Crippen LogP contribution in [0.25, 0.3) is 21.1 Å². The summed E-state index contributed by atoms with van der Waals surface area (Å²) in [6.07, 6.45) is -1.34. The number of carbonyl (C=O) groups excluding carboxylic acids is 3. The number of carbonyl (C=O) groups is 3. The van der Waals surface area contributed by atoms with Crippen LogP contribution in [0.3, 0.4) is 0 Å². The van der Waals surface area contributed by atoms with E-state index in [1.165, 1.54) is 11.0 Å². The normalized spacial score (nSPS) is 24.4. The fraction of sp³-hybridized carbons (Fsp3) is 0.320. The van der Waals surface area contributed by atoms with Gasteiger partial charge in [-0.1, -0.05) is 41.7 Å². The molecule has 1 unspecified atom stereocenters. The smallest absolute Gasteiger partial charge is 0.328 e. The van der Waals surface area contributed by atoms with E-state index in [0.717, 1.165) is 16.9 Å². The molecule has 12 heteroatoms. The Morgan fingerprint density at radius 1 is 1.03 bits per heavy atom. The number of ether oxygens (including phenoxy) is 1. The number of nitrogens with one attached hydrogen (secondary N) is 2. The number of hydrogen-bond donors (Lipinski definition) is 2. The van der Waals surface area contributed by atoms with Gasteiger partial charge in [-0.2, -0.15) is 0 Å². The van der Waals surface area contributed by atoms with Gasteiger partial charge in [0, 0.05) is 18.5 Å².